The van der Waals surface area contributed by atoms with Gasteiger partial charge in [-0.15, -0.1) is 0 Å². The van der Waals surface area contributed by atoms with Gasteiger partial charge in [-0.3, -0.25) is 14.5 Å². The maximum Gasteiger partial charge on any atom is 0.334 e. The van der Waals surface area contributed by atoms with Crippen LogP contribution in [0.15, 0.2) is 33.4 Å². The Morgan fingerprint density at radius 2 is 1.92 bits per heavy atom. The van der Waals surface area contributed by atoms with E-state index in [0.29, 0.717) is 17.2 Å². The lowest BCUT2D eigenvalue weighted by atomic mass is 10.2. The van der Waals surface area contributed by atoms with Gasteiger partial charge in [0.25, 0.3) is 0 Å². The minimum absolute atomic E-state index is 0.100. The van der Waals surface area contributed by atoms with Crippen molar-refractivity contribution in [2.24, 2.45) is 0 Å². The van der Waals surface area contributed by atoms with Gasteiger partial charge in [0, 0.05) is 12.1 Å². The Hall–Kier alpha value is -2.90. The number of nitrogens with zero attached hydrogens (tertiary/aromatic N) is 3. The molecule has 2 aromatic heterocycles. The number of amides is 4. The minimum atomic E-state index is -0.811. The molecule has 1 aliphatic carbocycles. The lowest BCUT2D eigenvalue weighted by molar-refractivity contribution is -0.144. The van der Waals surface area contributed by atoms with Gasteiger partial charge in [0.15, 0.2) is 5.76 Å². The lowest BCUT2D eigenvalue weighted by Crippen LogP contribution is -2.39. The van der Waals surface area contributed by atoms with E-state index in [2.05, 4.69) is 5.16 Å². The second-order valence-electron chi connectivity index (χ2n) is 5.95. The van der Waals surface area contributed by atoms with Crippen LogP contribution < -0.4 is 0 Å². The van der Waals surface area contributed by atoms with Gasteiger partial charge in [0.05, 0.1) is 12.8 Å². The molecule has 8 nitrogen and oxygen atoms in total. The fraction of sp³-hybridized carbons (Fsp3) is 0.375. The first kappa shape index (κ1) is 14.7. The topological polar surface area (TPSA) is 96.9 Å². The van der Waals surface area contributed by atoms with Gasteiger partial charge in [0.1, 0.15) is 5.69 Å². The number of furan rings is 1. The summed E-state index contributed by atoms with van der Waals surface area (Å²) in [5.41, 5.74) is 0.379. The van der Waals surface area contributed by atoms with E-state index in [1.54, 1.807) is 18.2 Å². The van der Waals surface area contributed by atoms with Crippen LogP contribution in [-0.2, 0) is 16.1 Å². The predicted molar refractivity (Wildman–Crippen MR) is 79.3 cm³/mol. The van der Waals surface area contributed by atoms with Crippen LogP contribution in [0.2, 0.25) is 0 Å². The third kappa shape index (κ3) is 2.31. The van der Waals surface area contributed by atoms with Crippen LogP contribution >= 0.6 is 0 Å². The molecular formula is C16H15N3O5. The average molecular weight is 329 g/mol. The first-order chi connectivity index (χ1) is 11.6. The molecule has 8 heteroatoms. The van der Waals surface area contributed by atoms with Gasteiger partial charge in [-0.1, -0.05) is 18.0 Å². The first-order valence-corrected chi connectivity index (χ1v) is 7.83. The van der Waals surface area contributed by atoms with Crippen molar-refractivity contribution in [3.05, 3.63) is 30.2 Å². The van der Waals surface area contributed by atoms with Crippen LogP contribution in [0.25, 0.3) is 11.5 Å². The number of imide groups is 2. The summed E-state index contributed by atoms with van der Waals surface area (Å²) in [5.74, 6) is -0.666. The van der Waals surface area contributed by atoms with E-state index < -0.39 is 17.8 Å². The number of carbonyl (C=O) groups is 3. The maximum atomic E-state index is 12.5. The van der Waals surface area contributed by atoms with Crippen molar-refractivity contribution in [2.75, 3.05) is 0 Å². The van der Waals surface area contributed by atoms with Crippen molar-refractivity contribution in [1.29, 1.82) is 0 Å². The van der Waals surface area contributed by atoms with Gasteiger partial charge < -0.3 is 8.94 Å². The molecule has 0 unspecified atom stereocenters. The Morgan fingerprint density at radius 3 is 2.62 bits per heavy atom. The number of aromatic nitrogens is 1. The van der Waals surface area contributed by atoms with Crippen LogP contribution in [0.4, 0.5) is 4.79 Å². The molecule has 0 spiro atoms. The molecule has 0 radical (unpaired) electrons. The van der Waals surface area contributed by atoms with Crippen molar-refractivity contribution < 1.29 is 23.3 Å². The van der Waals surface area contributed by atoms with E-state index in [9.17, 15) is 14.4 Å². The monoisotopic (exact) mass is 329 g/mol. The van der Waals surface area contributed by atoms with Crippen molar-refractivity contribution >= 4 is 17.8 Å². The van der Waals surface area contributed by atoms with Crippen LogP contribution in [-0.4, -0.2) is 38.8 Å². The number of urea groups is 1. The zero-order chi connectivity index (χ0) is 16.7. The summed E-state index contributed by atoms with van der Waals surface area (Å²) in [6, 6.07) is 4.27. The van der Waals surface area contributed by atoms with E-state index in [1.165, 1.54) is 6.26 Å². The van der Waals surface area contributed by atoms with Crippen molar-refractivity contribution in [2.45, 2.75) is 38.3 Å². The number of hydrogen-bond acceptors (Lipinski definition) is 6. The molecule has 1 saturated heterocycles. The fourth-order valence-electron chi connectivity index (χ4n) is 3.23. The maximum absolute atomic E-state index is 12.5. The second-order valence-corrected chi connectivity index (χ2v) is 5.95. The summed E-state index contributed by atoms with van der Waals surface area (Å²) in [6.07, 6.45) is 4.94. The zero-order valence-electron chi connectivity index (χ0n) is 12.8. The van der Waals surface area contributed by atoms with Crippen LogP contribution in [0, 0.1) is 0 Å². The van der Waals surface area contributed by atoms with Gasteiger partial charge in [0.2, 0.25) is 5.76 Å². The highest BCUT2D eigenvalue weighted by Crippen LogP contribution is 2.29. The van der Waals surface area contributed by atoms with Gasteiger partial charge in [-0.05, 0) is 25.0 Å². The van der Waals surface area contributed by atoms with Gasteiger partial charge in [-0.25, -0.2) is 9.69 Å². The summed E-state index contributed by atoms with van der Waals surface area (Å²) in [4.78, 5) is 38.8. The number of rotatable bonds is 4. The number of carbonyl (C=O) groups excluding carboxylic acids is 3. The standard InChI is InChI=1S/C16H15N3O5/c20-14-15(21)19(11-4-1-2-5-11)16(22)18(14)9-10-8-13(24-17-10)12-6-3-7-23-12/h3,6-8,11H,1-2,4-5,9H2. The molecule has 124 valence electrons. The molecule has 0 bridgehead atoms. The molecule has 0 N–H and O–H groups in total. The molecule has 2 fully saturated rings. The quantitative estimate of drug-likeness (QED) is 0.630. The molecule has 4 amide bonds. The molecule has 2 aromatic rings. The summed E-state index contributed by atoms with van der Waals surface area (Å²) < 4.78 is 10.4. The largest absolute Gasteiger partial charge is 0.461 e. The molecule has 0 atom stereocenters. The molecule has 3 heterocycles. The van der Waals surface area contributed by atoms with Gasteiger partial charge >= 0.3 is 17.8 Å². The molecule has 2 aliphatic rings. The molecule has 4 rings (SSSR count). The van der Waals surface area contributed by atoms with Crippen molar-refractivity contribution in [3.63, 3.8) is 0 Å². The lowest BCUT2D eigenvalue weighted by Gasteiger charge is -2.20. The molecule has 1 aliphatic heterocycles. The highest BCUT2D eigenvalue weighted by atomic mass is 16.5. The van der Waals surface area contributed by atoms with Crippen LogP contribution in [0.1, 0.15) is 31.4 Å². The Bertz CT molecular complexity index is 789. The molecular weight excluding hydrogens is 314 g/mol. The van der Waals surface area contributed by atoms with E-state index in [1.807, 2.05) is 0 Å². The van der Waals surface area contributed by atoms with E-state index in [-0.39, 0.29) is 12.6 Å². The second kappa shape index (κ2) is 5.63. The van der Waals surface area contributed by atoms with Gasteiger partial charge in [-0.2, -0.15) is 0 Å². The Balaban J connectivity index is 1.53. The molecule has 0 aromatic carbocycles. The SMILES string of the molecule is O=C1C(=O)N(C2CCCC2)C(=O)N1Cc1cc(-c2ccco2)on1. The Morgan fingerprint density at radius 1 is 1.12 bits per heavy atom. The summed E-state index contributed by atoms with van der Waals surface area (Å²) in [6.45, 7) is -0.100. The van der Waals surface area contributed by atoms with E-state index >= 15 is 0 Å². The normalized spacial score (nSPS) is 19.1. The Kier molecular flexibility index (Phi) is 3.44. The van der Waals surface area contributed by atoms with Crippen molar-refractivity contribution in [1.82, 2.24) is 15.0 Å². The van der Waals surface area contributed by atoms with Crippen LogP contribution in [0.5, 0.6) is 0 Å². The number of hydrogen-bond donors (Lipinski definition) is 0. The minimum Gasteiger partial charge on any atom is -0.461 e. The van der Waals surface area contributed by atoms with Crippen molar-refractivity contribution in [3.8, 4) is 11.5 Å². The summed E-state index contributed by atoms with van der Waals surface area (Å²) in [5, 5.41) is 3.84. The smallest absolute Gasteiger partial charge is 0.334 e. The summed E-state index contributed by atoms with van der Waals surface area (Å²) in [7, 11) is 0. The highest BCUT2D eigenvalue weighted by Gasteiger charge is 2.48. The summed E-state index contributed by atoms with van der Waals surface area (Å²) >= 11 is 0. The fourth-order valence-corrected chi connectivity index (χ4v) is 3.23. The first-order valence-electron chi connectivity index (χ1n) is 7.83. The molecule has 1 saturated carbocycles. The zero-order valence-corrected chi connectivity index (χ0v) is 12.8. The average Bonchev–Trinajstić information content (AvgIpc) is 3.33. The molecule has 24 heavy (non-hydrogen) atoms. The predicted octanol–water partition coefficient (Wildman–Crippen LogP) is 2.17. The van der Waals surface area contributed by atoms with E-state index in [0.717, 1.165) is 35.5 Å². The van der Waals surface area contributed by atoms with E-state index in [4.69, 9.17) is 8.94 Å². The highest BCUT2D eigenvalue weighted by molar-refractivity contribution is 6.44. The van der Waals surface area contributed by atoms with Crippen LogP contribution in [0.3, 0.4) is 0 Å². The third-order valence-electron chi connectivity index (χ3n) is 4.42. The Labute approximate surface area is 137 Å². The third-order valence-corrected chi connectivity index (χ3v) is 4.42.